The maximum atomic E-state index is 12.3. The van der Waals surface area contributed by atoms with Gasteiger partial charge in [0.1, 0.15) is 0 Å². The standard InChI is InChI=1S/C14H21N3O4S/c1-11-4-5-12(8-13(11)17(18)19)22(20,21)16-10-14(2)6-3-7-15-9-14/h4-5,8,15-16H,3,6-7,9-10H2,1-2H3. The smallest absolute Gasteiger partial charge is 0.273 e. The van der Waals surface area contributed by atoms with Crippen LogP contribution in [0.25, 0.3) is 0 Å². The number of hydrogen-bond acceptors (Lipinski definition) is 5. The van der Waals surface area contributed by atoms with Crippen molar-refractivity contribution in [3.63, 3.8) is 0 Å². The van der Waals surface area contributed by atoms with Gasteiger partial charge in [0.25, 0.3) is 5.69 Å². The summed E-state index contributed by atoms with van der Waals surface area (Å²) >= 11 is 0. The lowest BCUT2D eigenvalue weighted by atomic mass is 9.83. The quantitative estimate of drug-likeness (QED) is 0.631. The van der Waals surface area contributed by atoms with Gasteiger partial charge >= 0.3 is 0 Å². The molecule has 0 bridgehead atoms. The Kier molecular flexibility index (Phi) is 4.84. The van der Waals surface area contributed by atoms with Gasteiger partial charge in [0.05, 0.1) is 9.82 Å². The van der Waals surface area contributed by atoms with E-state index in [1.54, 1.807) is 6.92 Å². The van der Waals surface area contributed by atoms with Crippen LogP contribution < -0.4 is 10.0 Å². The fourth-order valence-electron chi connectivity index (χ4n) is 2.58. The summed E-state index contributed by atoms with van der Waals surface area (Å²) in [5.41, 5.74) is 0.114. The van der Waals surface area contributed by atoms with Crippen molar-refractivity contribution in [3.8, 4) is 0 Å². The lowest BCUT2D eigenvalue weighted by Gasteiger charge is -2.34. The van der Waals surface area contributed by atoms with E-state index in [4.69, 9.17) is 0 Å². The molecule has 0 aliphatic carbocycles. The SMILES string of the molecule is Cc1ccc(S(=O)(=O)NCC2(C)CCCNC2)cc1[N+](=O)[O-]. The highest BCUT2D eigenvalue weighted by atomic mass is 32.2. The predicted molar refractivity (Wildman–Crippen MR) is 83.2 cm³/mol. The van der Waals surface area contributed by atoms with E-state index in [0.29, 0.717) is 12.1 Å². The Balaban J connectivity index is 2.16. The van der Waals surface area contributed by atoms with Crippen molar-refractivity contribution in [3.05, 3.63) is 33.9 Å². The number of nitro benzene ring substituents is 1. The van der Waals surface area contributed by atoms with Gasteiger partial charge in [-0.2, -0.15) is 0 Å². The summed E-state index contributed by atoms with van der Waals surface area (Å²) in [7, 11) is -3.75. The Morgan fingerprint density at radius 3 is 2.77 bits per heavy atom. The molecule has 7 nitrogen and oxygen atoms in total. The molecule has 1 aromatic rings. The van der Waals surface area contributed by atoms with Gasteiger partial charge in [-0.05, 0) is 37.8 Å². The second-order valence-corrected chi connectivity index (χ2v) is 7.89. The second kappa shape index (κ2) is 6.31. The summed E-state index contributed by atoms with van der Waals surface area (Å²) in [5, 5.41) is 14.2. The van der Waals surface area contributed by atoms with Crippen LogP contribution in [0.2, 0.25) is 0 Å². The number of nitrogens with zero attached hydrogens (tertiary/aromatic N) is 1. The first-order valence-corrected chi connectivity index (χ1v) is 8.67. The van der Waals surface area contributed by atoms with Crippen molar-refractivity contribution < 1.29 is 13.3 Å². The number of nitro groups is 1. The van der Waals surface area contributed by atoms with E-state index in [2.05, 4.69) is 10.0 Å². The molecule has 1 heterocycles. The van der Waals surface area contributed by atoms with Crippen molar-refractivity contribution >= 4 is 15.7 Å². The van der Waals surface area contributed by atoms with Crippen molar-refractivity contribution in [1.29, 1.82) is 0 Å². The van der Waals surface area contributed by atoms with Gasteiger partial charge < -0.3 is 5.32 Å². The Labute approximate surface area is 130 Å². The molecule has 2 rings (SSSR count). The molecule has 1 saturated heterocycles. The number of piperidine rings is 1. The Morgan fingerprint density at radius 1 is 1.45 bits per heavy atom. The lowest BCUT2D eigenvalue weighted by molar-refractivity contribution is -0.385. The molecule has 22 heavy (non-hydrogen) atoms. The molecule has 8 heteroatoms. The van der Waals surface area contributed by atoms with E-state index >= 15 is 0 Å². The van der Waals surface area contributed by atoms with Gasteiger partial charge in [-0.1, -0.05) is 13.0 Å². The Bertz CT molecular complexity index is 667. The minimum Gasteiger partial charge on any atom is -0.316 e. The van der Waals surface area contributed by atoms with Gasteiger partial charge in [-0.3, -0.25) is 10.1 Å². The molecule has 2 N–H and O–H groups in total. The Morgan fingerprint density at radius 2 is 2.18 bits per heavy atom. The van der Waals surface area contributed by atoms with Gasteiger partial charge in [0, 0.05) is 24.7 Å². The molecule has 1 atom stereocenters. The number of nitrogens with one attached hydrogen (secondary N) is 2. The zero-order valence-corrected chi connectivity index (χ0v) is 13.6. The van der Waals surface area contributed by atoms with E-state index < -0.39 is 14.9 Å². The summed E-state index contributed by atoms with van der Waals surface area (Å²) < 4.78 is 27.3. The van der Waals surface area contributed by atoms with Crippen molar-refractivity contribution in [2.75, 3.05) is 19.6 Å². The molecule has 0 saturated carbocycles. The zero-order chi connectivity index (χ0) is 16.4. The number of rotatable bonds is 5. The van der Waals surface area contributed by atoms with Crippen LogP contribution in [0.4, 0.5) is 5.69 Å². The fraction of sp³-hybridized carbons (Fsp3) is 0.571. The molecule has 0 radical (unpaired) electrons. The van der Waals surface area contributed by atoms with Crippen LogP contribution in [0.1, 0.15) is 25.3 Å². The first-order valence-electron chi connectivity index (χ1n) is 7.19. The van der Waals surface area contributed by atoms with Crippen LogP contribution in [0, 0.1) is 22.5 Å². The third-order valence-corrected chi connectivity index (χ3v) is 5.46. The number of aryl methyl sites for hydroxylation is 1. The normalized spacial score (nSPS) is 22.5. The zero-order valence-electron chi connectivity index (χ0n) is 12.8. The molecule has 0 spiro atoms. The summed E-state index contributed by atoms with van der Waals surface area (Å²) in [6, 6.07) is 3.96. The first-order chi connectivity index (χ1) is 10.2. The summed E-state index contributed by atoms with van der Waals surface area (Å²) in [4.78, 5) is 10.3. The van der Waals surface area contributed by atoms with E-state index in [-0.39, 0.29) is 16.0 Å². The lowest BCUT2D eigenvalue weighted by Crippen LogP contribution is -2.45. The topological polar surface area (TPSA) is 101 Å². The molecular formula is C14H21N3O4S. The molecule has 0 amide bonds. The van der Waals surface area contributed by atoms with Crippen LogP contribution in [0.3, 0.4) is 0 Å². The molecule has 1 unspecified atom stereocenters. The number of hydrogen-bond donors (Lipinski definition) is 2. The Hall–Kier alpha value is -1.51. The monoisotopic (exact) mass is 327 g/mol. The van der Waals surface area contributed by atoms with Crippen molar-refractivity contribution in [2.45, 2.75) is 31.6 Å². The molecule has 1 aliphatic heterocycles. The third-order valence-electron chi connectivity index (χ3n) is 4.06. The predicted octanol–water partition coefficient (Wildman–Crippen LogP) is 1.57. The fourth-order valence-corrected chi connectivity index (χ4v) is 3.79. The summed E-state index contributed by atoms with van der Waals surface area (Å²) in [6.45, 7) is 5.62. The highest BCUT2D eigenvalue weighted by Crippen LogP contribution is 2.26. The molecule has 1 aromatic carbocycles. The van der Waals surface area contributed by atoms with Crippen LogP contribution >= 0.6 is 0 Å². The summed E-state index contributed by atoms with van der Waals surface area (Å²) in [6.07, 6.45) is 1.95. The molecule has 122 valence electrons. The van der Waals surface area contributed by atoms with E-state index in [1.165, 1.54) is 12.1 Å². The minimum absolute atomic E-state index is 0.0721. The van der Waals surface area contributed by atoms with Crippen LogP contribution in [-0.2, 0) is 10.0 Å². The van der Waals surface area contributed by atoms with Crippen molar-refractivity contribution in [1.82, 2.24) is 10.0 Å². The van der Waals surface area contributed by atoms with Crippen LogP contribution in [0.15, 0.2) is 23.1 Å². The highest BCUT2D eigenvalue weighted by molar-refractivity contribution is 7.89. The molecule has 1 aliphatic rings. The highest BCUT2D eigenvalue weighted by Gasteiger charge is 2.29. The van der Waals surface area contributed by atoms with Gasteiger partial charge in [-0.15, -0.1) is 0 Å². The van der Waals surface area contributed by atoms with Crippen LogP contribution in [0.5, 0.6) is 0 Å². The van der Waals surface area contributed by atoms with Gasteiger partial charge in [0.15, 0.2) is 0 Å². The van der Waals surface area contributed by atoms with Crippen molar-refractivity contribution in [2.24, 2.45) is 5.41 Å². The average Bonchev–Trinajstić information content (AvgIpc) is 2.46. The number of sulfonamides is 1. The maximum Gasteiger partial charge on any atom is 0.273 e. The maximum absolute atomic E-state index is 12.3. The molecular weight excluding hydrogens is 306 g/mol. The molecule has 1 fully saturated rings. The minimum atomic E-state index is -3.75. The van der Waals surface area contributed by atoms with E-state index in [0.717, 1.165) is 32.0 Å². The largest absolute Gasteiger partial charge is 0.316 e. The van der Waals surface area contributed by atoms with E-state index in [9.17, 15) is 18.5 Å². The van der Waals surface area contributed by atoms with Gasteiger partial charge in [-0.25, -0.2) is 13.1 Å². The summed E-state index contributed by atoms with van der Waals surface area (Å²) in [5.74, 6) is 0. The number of benzene rings is 1. The van der Waals surface area contributed by atoms with E-state index in [1.807, 2.05) is 6.92 Å². The van der Waals surface area contributed by atoms with Gasteiger partial charge in [0.2, 0.25) is 10.0 Å². The molecule has 0 aromatic heterocycles. The average molecular weight is 327 g/mol. The first kappa shape index (κ1) is 16.9. The second-order valence-electron chi connectivity index (χ2n) is 6.12. The van der Waals surface area contributed by atoms with Crippen LogP contribution in [-0.4, -0.2) is 33.0 Å². The third kappa shape index (κ3) is 3.82.